The van der Waals surface area contributed by atoms with Crippen LogP contribution in [0.3, 0.4) is 0 Å². The Morgan fingerprint density at radius 1 is 1.07 bits per heavy atom. The van der Waals surface area contributed by atoms with Gasteiger partial charge in [-0.25, -0.2) is 0 Å². The first-order valence-electron chi connectivity index (χ1n) is 8.13. The molecular formula is C20H20ClN3O3. The second-order valence-corrected chi connectivity index (χ2v) is 6.37. The Balaban J connectivity index is 2.10. The topological polar surface area (TPSA) is 78.5 Å². The first-order chi connectivity index (χ1) is 12.8. The summed E-state index contributed by atoms with van der Waals surface area (Å²) in [7, 11) is 3.29. The van der Waals surface area contributed by atoms with Gasteiger partial charge in [-0.2, -0.15) is 0 Å². The summed E-state index contributed by atoms with van der Waals surface area (Å²) in [6.45, 7) is 3.72. The molecule has 2 N–H and O–H groups in total. The normalized spacial score (nSPS) is 10.0. The number of halogens is 1. The zero-order valence-corrected chi connectivity index (χ0v) is 15.8. The van der Waals surface area contributed by atoms with Crippen molar-refractivity contribution in [2.24, 2.45) is 0 Å². The number of rotatable bonds is 6. The number of carbonyl (C=O) groups excluding carboxylic acids is 3. The van der Waals surface area contributed by atoms with Crippen molar-refractivity contribution in [2.75, 3.05) is 19.4 Å². The van der Waals surface area contributed by atoms with Crippen molar-refractivity contribution in [1.82, 2.24) is 10.2 Å². The average molecular weight is 386 g/mol. The van der Waals surface area contributed by atoms with Crippen LogP contribution in [0.2, 0.25) is 5.02 Å². The van der Waals surface area contributed by atoms with Gasteiger partial charge in [-0.1, -0.05) is 30.3 Å². The van der Waals surface area contributed by atoms with Crippen molar-refractivity contribution < 1.29 is 14.4 Å². The first-order valence-corrected chi connectivity index (χ1v) is 8.51. The molecular weight excluding hydrogens is 366 g/mol. The lowest BCUT2D eigenvalue weighted by Gasteiger charge is -2.13. The fourth-order valence-electron chi connectivity index (χ4n) is 2.24. The summed E-state index contributed by atoms with van der Waals surface area (Å²) >= 11 is 6.13. The van der Waals surface area contributed by atoms with E-state index in [0.29, 0.717) is 28.4 Å². The molecule has 3 amide bonds. The SMILES string of the molecule is C=CC(=O)NCc1ccc(C(=O)Nc2cc(C(=O)N(C)C)ccc2Cl)cc1. The van der Waals surface area contributed by atoms with Crippen LogP contribution in [-0.4, -0.2) is 36.7 Å². The minimum Gasteiger partial charge on any atom is -0.348 e. The van der Waals surface area contributed by atoms with Crippen molar-refractivity contribution >= 4 is 35.0 Å². The van der Waals surface area contributed by atoms with Crippen molar-refractivity contribution in [3.05, 3.63) is 76.8 Å². The van der Waals surface area contributed by atoms with Crippen LogP contribution in [-0.2, 0) is 11.3 Å². The third kappa shape index (κ3) is 5.43. The quantitative estimate of drug-likeness (QED) is 0.750. The number of carbonyl (C=O) groups is 3. The Labute approximate surface area is 162 Å². The predicted molar refractivity (Wildman–Crippen MR) is 106 cm³/mol. The van der Waals surface area contributed by atoms with E-state index < -0.39 is 0 Å². The Bertz CT molecular complexity index is 877. The molecule has 0 unspecified atom stereocenters. The zero-order chi connectivity index (χ0) is 20.0. The maximum absolute atomic E-state index is 12.5. The summed E-state index contributed by atoms with van der Waals surface area (Å²) in [6, 6.07) is 11.5. The van der Waals surface area contributed by atoms with E-state index in [1.165, 1.54) is 11.0 Å². The van der Waals surface area contributed by atoms with Gasteiger partial charge in [-0.05, 0) is 42.0 Å². The molecule has 7 heteroatoms. The Morgan fingerprint density at radius 2 is 1.70 bits per heavy atom. The van der Waals surface area contributed by atoms with Crippen LogP contribution in [0.5, 0.6) is 0 Å². The van der Waals surface area contributed by atoms with Gasteiger partial charge in [0.05, 0.1) is 10.7 Å². The Morgan fingerprint density at radius 3 is 2.30 bits per heavy atom. The van der Waals surface area contributed by atoms with Gasteiger partial charge < -0.3 is 15.5 Å². The molecule has 0 radical (unpaired) electrons. The molecule has 0 saturated carbocycles. The molecule has 0 aliphatic rings. The fraction of sp³-hybridized carbons (Fsp3) is 0.150. The van der Waals surface area contributed by atoms with E-state index in [1.807, 2.05) is 0 Å². The van der Waals surface area contributed by atoms with E-state index in [4.69, 9.17) is 11.6 Å². The third-order valence-electron chi connectivity index (χ3n) is 3.74. The summed E-state index contributed by atoms with van der Waals surface area (Å²) in [4.78, 5) is 37.1. The maximum Gasteiger partial charge on any atom is 0.255 e. The van der Waals surface area contributed by atoms with Crippen molar-refractivity contribution in [3.8, 4) is 0 Å². The van der Waals surface area contributed by atoms with Crippen LogP contribution >= 0.6 is 11.6 Å². The smallest absolute Gasteiger partial charge is 0.255 e. The van der Waals surface area contributed by atoms with E-state index in [9.17, 15) is 14.4 Å². The predicted octanol–water partition coefficient (Wildman–Crippen LogP) is 3.10. The Kier molecular flexibility index (Phi) is 6.73. The van der Waals surface area contributed by atoms with Gasteiger partial charge in [0.2, 0.25) is 5.91 Å². The van der Waals surface area contributed by atoms with Gasteiger partial charge in [0, 0.05) is 31.8 Å². The second kappa shape index (κ2) is 9.00. The highest BCUT2D eigenvalue weighted by molar-refractivity contribution is 6.34. The number of hydrogen-bond donors (Lipinski definition) is 2. The molecule has 0 saturated heterocycles. The van der Waals surface area contributed by atoms with Gasteiger partial charge in [-0.3, -0.25) is 14.4 Å². The molecule has 0 heterocycles. The molecule has 0 aromatic heterocycles. The largest absolute Gasteiger partial charge is 0.348 e. The molecule has 140 valence electrons. The molecule has 27 heavy (non-hydrogen) atoms. The monoisotopic (exact) mass is 385 g/mol. The summed E-state index contributed by atoms with van der Waals surface area (Å²) in [5.41, 5.74) is 2.05. The summed E-state index contributed by atoms with van der Waals surface area (Å²) in [6.07, 6.45) is 1.20. The van der Waals surface area contributed by atoms with Crippen LogP contribution < -0.4 is 10.6 Å². The average Bonchev–Trinajstić information content (AvgIpc) is 2.67. The van der Waals surface area contributed by atoms with E-state index in [2.05, 4.69) is 17.2 Å². The van der Waals surface area contributed by atoms with Crippen molar-refractivity contribution in [1.29, 1.82) is 0 Å². The van der Waals surface area contributed by atoms with Gasteiger partial charge in [-0.15, -0.1) is 0 Å². The van der Waals surface area contributed by atoms with Crippen molar-refractivity contribution in [3.63, 3.8) is 0 Å². The van der Waals surface area contributed by atoms with Crippen LogP contribution in [0, 0.1) is 0 Å². The van der Waals surface area contributed by atoms with Crippen molar-refractivity contribution in [2.45, 2.75) is 6.54 Å². The Hall–Kier alpha value is -3.12. The summed E-state index contributed by atoms with van der Waals surface area (Å²) < 4.78 is 0. The highest BCUT2D eigenvalue weighted by Gasteiger charge is 2.13. The highest BCUT2D eigenvalue weighted by Crippen LogP contribution is 2.24. The molecule has 6 nitrogen and oxygen atoms in total. The van der Waals surface area contributed by atoms with Gasteiger partial charge >= 0.3 is 0 Å². The highest BCUT2D eigenvalue weighted by atomic mass is 35.5. The number of hydrogen-bond acceptors (Lipinski definition) is 3. The van der Waals surface area contributed by atoms with Crippen LogP contribution in [0.1, 0.15) is 26.3 Å². The number of anilines is 1. The molecule has 0 spiro atoms. The third-order valence-corrected chi connectivity index (χ3v) is 4.07. The second-order valence-electron chi connectivity index (χ2n) is 5.97. The number of nitrogens with one attached hydrogen (secondary N) is 2. The van der Waals surface area contributed by atoms with Crippen LogP contribution in [0.25, 0.3) is 0 Å². The van der Waals surface area contributed by atoms with E-state index >= 15 is 0 Å². The lowest BCUT2D eigenvalue weighted by Crippen LogP contribution is -2.22. The standard InChI is InChI=1S/C20H20ClN3O3/c1-4-18(25)22-12-13-5-7-14(8-6-13)19(26)23-17-11-15(9-10-16(17)21)20(27)24(2)3/h4-11H,1,12H2,2-3H3,(H,22,25)(H,23,26). The molecule has 0 atom stereocenters. The van der Waals surface area contributed by atoms with E-state index in [-0.39, 0.29) is 17.7 Å². The first kappa shape index (κ1) is 20.2. The molecule has 0 aliphatic heterocycles. The number of nitrogens with zero attached hydrogens (tertiary/aromatic N) is 1. The van der Waals surface area contributed by atoms with Gasteiger partial charge in [0.1, 0.15) is 0 Å². The van der Waals surface area contributed by atoms with Crippen LogP contribution in [0.4, 0.5) is 5.69 Å². The lowest BCUT2D eigenvalue weighted by molar-refractivity contribution is -0.116. The minimum absolute atomic E-state index is 0.187. The number of benzene rings is 2. The van der Waals surface area contributed by atoms with Crippen LogP contribution in [0.15, 0.2) is 55.1 Å². The molecule has 0 fully saturated rings. The van der Waals surface area contributed by atoms with Gasteiger partial charge in [0.15, 0.2) is 0 Å². The molecule has 0 bridgehead atoms. The maximum atomic E-state index is 12.5. The summed E-state index contributed by atoms with van der Waals surface area (Å²) in [5.74, 6) is -0.806. The molecule has 2 aromatic carbocycles. The van der Waals surface area contributed by atoms with E-state index in [0.717, 1.165) is 5.56 Å². The zero-order valence-electron chi connectivity index (χ0n) is 15.1. The fourth-order valence-corrected chi connectivity index (χ4v) is 2.41. The molecule has 0 aliphatic carbocycles. The molecule has 2 rings (SSSR count). The van der Waals surface area contributed by atoms with E-state index in [1.54, 1.807) is 56.6 Å². The van der Waals surface area contributed by atoms with Gasteiger partial charge in [0.25, 0.3) is 11.8 Å². The lowest BCUT2D eigenvalue weighted by atomic mass is 10.1. The molecule has 2 aromatic rings. The number of amides is 3. The summed E-state index contributed by atoms with van der Waals surface area (Å²) in [5, 5.41) is 5.71. The minimum atomic E-state index is -0.354.